The van der Waals surface area contributed by atoms with Crippen molar-refractivity contribution in [2.75, 3.05) is 61.0 Å². The molecule has 0 aliphatic carbocycles. The summed E-state index contributed by atoms with van der Waals surface area (Å²) in [5, 5.41) is 0. The van der Waals surface area contributed by atoms with Crippen molar-refractivity contribution in [2.45, 2.75) is 6.10 Å². The fraction of sp³-hybridized carbons (Fsp3) is 0.714. The highest BCUT2D eigenvalue weighted by molar-refractivity contribution is 4.57. The number of methoxy groups -OCH3 is 3. The Bertz CT molecular complexity index is 257. The average Bonchev–Trinajstić information content (AvgIpc) is 2.57. The number of hydrogen-bond acceptors (Lipinski definition) is 9. The molecule has 0 N–H and O–H groups in total. The van der Waals surface area contributed by atoms with Crippen molar-refractivity contribution in [3.8, 4) is 0 Å². The van der Waals surface area contributed by atoms with Gasteiger partial charge in [0.05, 0.1) is 40.6 Å². The molecule has 0 rings (SSSR count). The lowest BCUT2D eigenvalue weighted by atomic mass is 10.4. The molecule has 0 aromatic carbocycles. The minimum absolute atomic E-state index is 0.182. The van der Waals surface area contributed by atoms with Gasteiger partial charge in [-0.3, -0.25) is 0 Å². The van der Waals surface area contributed by atoms with E-state index in [1.807, 2.05) is 0 Å². The van der Waals surface area contributed by atoms with Gasteiger partial charge in [0, 0.05) is 7.11 Å². The van der Waals surface area contributed by atoms with Gasteiger partial charge in [0.2, 0.25) is 0 Å². The van der Waals surface area contributed by atoms with Gasteiger partial charge in [-0.25, -0.2) is 0 Å². The van der Waals surface area contributed by atoms with Gasteiger partial charge in [0.15, 0.2) is 12.5 Å². The number of rotatable bonds is 17. The Hall–Kier alpha value is -1.52. The molecule has 9 heteroatoms. The smallest absolute Gasteiger partial charge is 0.163 e. The zero-order valence-electron chi connectivity index (χ0n) is 13.8. The Balaban J connectivity index is 3.38. The first-order valence-electron chi connectivity index (χ1n) is 6.95. The van der Waals surface area contributed by atoms with Gasteiger partial charge in [-0.1, -0.05) is 0 Å². The zero-order chi connectivity index (χ0) is 17.0. The molecule has 0 aliphatic rings. The van der Waals surface area contributed by atoms with Crippen molar-refractivity contribution in [3.63, 3.8) is 0 Å². The molecule has 0 amide bonds. The van der Waals surface area contributed by atoms with Gasteiger partial charge in [0.1, 0.15) is 31.8 Å². The Labute approximate surface area is 136 Å². The van der Waals surface area contributed by atoms with Crippen LogP contribution < -0.4 is 0 Å². The normalized spacial score (nSPS) is 12.7. The maximum atomic E-state index is 5.37. The molecule has 0 heterocycles. The molecule has 0 aliphatic heterocycles. The van der Waals surface area contributed by atoms with Gasteiger partial charge >= 0.3 is 0 Å². The fourth-order valence-corrected chi connectivity index (χ4v) is 1.13. The first-order valence-corrected chi connectivity index (χ1v) is 6.95. The summed E-state index contributed by atoms with van der Waals surface area (Å²) >= 11 is 0. The molecular weight excluding hydrogens is 312 g/mol. The summed E-state index contributed by atoms with van der Waals surface area (Å²) in [6.45, 7) is 2.05. The molecule has 0 aromatic heterocycles. The molecule has 136 valence electrons. The Morgan fingerprint density at radius 2 is 1.13 bits per heavy atom. The maximum Gasteiger partial charge on any atom is 0.163 e. The summed E-state index contributed by atoms with van der Waals surface area (Å²) in [5.74, 6) is 0. The summed E-state index contributed by atoms with van der Waals surface area (Å²) in [4.78, 5) is 18.9. The molecule has 0 atom stereocenters. The first kappa shape index (κ1) is 21.5. The van der Waals surface area contributed by atoms with E-state index < -0.39 is 0 Å². The monoisotopic (exact) mass is 338 g/mol. The van der Waals surface area contributed by atoms with E-state index in [4.69, 9.17) is 24.0 Å². The molecule has 0 saturated carbocycles. The topological polar surface area (TPSA) is 83.1 Å². The SMILES string of the molecule is COC=COOCCOCC(COCCOOC=COC)OC. The number of hydrogen-bond donors (Lipinski definition) is 0. The summed E-state index contributed by atoms with van der Waals surface area (Å²) in [7, 11) is 4.60. The molecule has 0 fully saturated rings. The molecular formula is C14H26O9. The minimum atomic E-state index is -0.182. The van der Waals surface area contributed by atoms with Gasteiger partial charge in [-0.2, -0.15) is 9.78 Å². The molecule has 0 aromatic rings. The van der Waals surface area contributed by atoms with Crippen molar-refractivity contribution in [1.82, 2.24) is 0 Å². The predicted octanol–water partition coefficient (Wildman–Crippen LogP) is 1.17. The molecule has 0 radical (unpaired) electrons. The lowest BCUT2D eigenvalue weighted by molar-refractivity contribution is -0.258. The van der Waals surface area contributed by atoms with Crippen LogP contribution in [0.2, 0.25) is 0 Å². The molecule has 0 unspecified atom stereocenters. The molecule has 9 nitrogen and oxygen atoms in total. The summed E-state index contributed by atoms with van der Waals surface area (Å²) < 4.78 is 25.2. The third-order valence-electron chi connectivity index (χ3n) is 2.19. The van der Waals surface area contributed by atoms with Crippen LogP contribution >= 0.6 is 0 Å². The second-order valence-electron chi connectivity index (χ2n) is 3.86. The molecule has 0 spiro atoms. The van der Waals surface area contributed by atoms with Crippen molar-refractivity contribution < 1.29 is 43.2 Å². The van der Waals surface area contributed by atoms with Crippen molar-refractivity contribution in [2.24, 2.45) is 0 Å². The van der Waals surface area contributed by atoms with Crippen molar-refractivity contribution in [1.29, 1.82) is 0 Å². The van der Waals surface area contributed by atoms with Gasteiger partial charge in [0.25, 0.3) is 0 Å². The fourth-order valence-electron chi connectivity index (χ4n) is 1.13. The lowest BCUT2D eigenvalue weighted by Gasteiger charge is -2.15. The molecule has 0 bridgehead atoms. The van der Waals surface area contributed by atoms with Crippen LogP contribution in [0.3, 0.4) is 0 Å². The lowest BCUT2D eigenvalue weighted by Crippen LogP contribution is -2.26. The van der Waals surface area contributed by atoms with Gasteiger partial charge < -0.3 is 33.5 Å². The van der Waals surface area contributed by atoms with Crippen LogP contribution in [0.15, 0.2) is 25.0 Å². The molecule has 23 heavy (non-hydrogen) atoms. The van der Waals surface area contributed by atoms with Crippen LogP contribution in [-0.4, -0.2) is 67.1 Å². The van der Waals surface area contributed by atoms with Gasteiger partial charge in [-0.05, 0) is 0 Å². The quantitative estimate of drug-likeness (QED) is 0.168. The highest BCUT2D eigenvalue weighted by atomic mass is 17.2. The summed E-state index contributed by atoms with van der Waals surface area (Å²) in [6, 6.07) is 0. The van der Waals surface area contributed by atoms with E-state index in [0.717, 1.165) is 0 Å². The van der Waals surface area contributed by atoms with E-state index in [-0.39, 0.29) is 19.3 Å². The van der Waals surface area contributed by atoms with E-state index >= 15 is 0 Å². The van der Waals surface area contributed by atoms with Crippen LogP contribution in [0.4, 0.5) is 0 Å². The third kappa shape index (κ3) is 16.7. The summed E-state index contributed by atoms with van der Waals surface area (Å²) in [6.07, 6.45) is 5.08. The van der Waals surface area contributed by atoms with Crippen LogP contribution in [0.1, 0.15) is 0 Å². The minimum Gasteiger partial charge on any atom is -0.501 e. The highest BCUT2D eigenvalue weighted by Gasteiger charge is 2.07. The third-order valence-corrected chi connectivity index (χ3v) is 2.19. The summed E-state index contributed by atoms with van der Waals surface area (Å²) in [5.41, 5.74) is 0. The Morgan fingerprint density at radius 1 is 0.652 bits per heavy atom. The van der Waals surface area contributed by atoms with E-state index in [0.29, 0.717) is 26.4 Å². The first-order chi connectivity index (χ1) is 11.3. The van der Waals surface area contributed by atoms with Crippen LogP contribution in [0, 0.1) is 0 Å². The highest BCUT2D eigenvalue weighted by Crippen LogP contribution is 1.94. The zero-order valence-corrected chi connectivity index (χ0v) is 13.8. The van der Waals surface area contributed by atoms with Crippen LogP contribution in [0.25, 0.3) is 0 Å². The van der Waals surface area contributed by atoms with Crippen molar-refractivity contribution in [3.05, 3.63) is 25.0 Å². The second-order valence-corrected chi connectivity index (χ2v) is 3.86. The molecule has 0 saturated heterocycles. The largest absolute Gasteiger partial charge is 0.501 e. The van der Waals surface area contributed by atoms with Gasteiger partial charge in [-0.15, -0.1) is 0 Å². The standard InChI is InChI=1S/C14H26O9/c1-15-4-8-20-22-10-6-18-12-14(17-3)13-19-7-11-23-21-9-5-16-2/h4-5,8-9,14H,6-7,10-13H2,1-3H3. The average molecular weight is 338 g/mol. The van der Waals surface area contributed by atoms with Crippen LogP contribution in [0.5, 0.6) is 0 Å². The van der Waals surface area contributed by atoms with Crippen molar-refractivity contribution >= 4 is 0 Å². The van der Waals surface area contributed by atoms with E-state index in [1.54, 1.807) is 7.11 Å². The Morgan fingerprint density at radius 3 is 1.52 bits per heavy atom. The predicted molar refractivity (Wildman–Crippen MR) is 78.8 cm³/mol. The number of ether oxygens (including phenoxy) is 5. The second kappa shape index (κ2) is 18.5. The van der Waals surface area contributed by atoms with Crippen LogP contribution in [-0.2, 0) is 43.2 Å². The Kier molecular flexibility index (Phi) is 17.3. The van der Waals surface area contributed by atoms with E-state index in [2.05, 4.69) is 19.2 Å². The maximum absolute atomic E-state index is 5.37. The van der Waals surface area contributed by atoms with E-state index in [9.17, 15) is 0 Å². The van der Waals surface area contributed by atoms with E-state index in [1.165, 1.54) is 39.3 Å².